The number of rotatable bonds is 4. The standard InChI is InChI=1S/C16H16Cl2N2O/c1-2-9-20(15-6-4-3-5-14(15)19)16(21)12-10-11(17)7-8-13(12)18/h3-8,10H,2,9,19H2,1H3. The summed E-state index contributed by atoms with van der Waals surface area (Å²) in [6, 6.07) is 12.1. The number of nitrogens with two attached hydrogens (primary N) is 1. The van der Waals surface area contributed by atoms with Crippen molar-refractivity contribution in [2.24, 2.45) is 0 Å². The van der Waals surface area contributed by atoms with Gasteiger partial charge in [-0.3, -0.25) is 4.79 Å². The number of halogens is 2. The van der Waals surface area contributed by atoms with Crippen LogP contribution in [0.1, 0.15) is 23.7 Å². The number of carbonyl (C=O) groups is 1. The Balaban J connectivity index is 2.45. The van der Waals surface area contributed by atoms with Gasteiger partial charge in [-0.15, -0.1) is 0 Å². The maximum absolute atomic E-state index is 12.8. The molecule has 0 aliphatic carbocycles. The van der Waals surface area contributed by atoms with Crippen LogP contribution in [0.15, 0.2) is 42.5 Å². The molecule has 1 amide bonds. The molecule has 21 heavy (non-hydrogen) atoms. The largest absolute Gasteiger partial charge is 0.397 e. The topological polar surface area (TPSA) is 46.3 Å². The van der Waals surface area contributed by atoms with Gasteiger partial charge in [-0.1, -0.05) is 42.3 Å². The third kappa shape index (κ3) is 3.49. The van der Waals surface area contributed by atoms with E-state index in [-0.39, 0.29) is 5.91 Å². The van der Waals surface area contributed by atoms with E-state index in [4.69, 9.17) is 28.9 Å². The lowest BCUT2D eigenvalue weighted by atomic mass is 10.1. The van der Waals surface area contributed by atoms with E-state index in [1.165, 1.54) is 0 Å². The minimum absolute atomic E-state index is 0.206. The molecule has 0 spiro atoms. The van der Waals surface area contributed by atoms with E-state index in [0.29, 0.717) is 33.5 Å². The molecule has 0 bridgehead atoms. The quantitative estimate of drug-likeness (QED) is 0.834. The Hall–Kier alpha value is -1.71. The molecule has 3 nitrogen and oxygen atoms in total. The van der Waals surface area contributed by atoms with Crippen LogP contribution < -0.4 is 10.6 Å². The van der Waals surface area contributed by atoms with Crippen LogP contribution in [0, 0.1) is 0 Å². The first kappa shape index (κ1) is 15.7. The molecular weight excluding hydrogens is 307 g/mol. The molecule has 0 aromatic heterocycles. The number of hydrogen-bond acceptors (Lipinski definition) is 2. The summed E-state index contributed by atoms with van der Waals surface area (Å²) in [4.78, 5) is 14.4. The summed E-state index contributed by atoms with van der Waals surface area (Å²) in [5.74, 6) is -0.206. The molecule has 5 heteroatoms. The molecule has 2 aromatic rings. The smallest absolute Gasteiger partial charge is 0.259 e. The zero-order valence-corrected chi connectivity index (χ0v) is 13.2. The van der Waals surface area contributed by atoms with E-state index in [0.717, 1.165) is 6.42 Å². The fourth-order valence-corrected chi connectivity index (χ4v) is 2.47. The maximum Gasteiger partial charge on any atom is 0.259 e. The molecule has 0 atom stereocenters. The molecule has 0 radical (unpaired) electrons. The van der Waals surface area contributed by atoms with Crippen LogP contribution in [0.3, 0.4) is 0 Å². The first-order valence-electron chi connectivity index (χ1n) is 6.66. The lowest BCUT2D eigenvalue weighted by Gasteiger charge is -2.24. The monoisotopic (exact) mass is 322 g/mol. The third-order valence-electron chi connectivity index (χ3n) is 3.08. The molecule has 2 N–H and O–H groups in total. The van der Waals surface area contributed by atoms with Gasteiger partial charge >= 0.3 is 0 Å². The molecule has 0 unspecified atom stereocenters. The van der Waals surface area contributed by atoms with Crippen molar-refractivity contribution in [1.82, 2.24) is 0 Å². The summed E-state index contributed by atoms with van der Waals surface area (Å²) in [6.07, 6.45) is 0.804. The van der Waals surface area contributed by atoms with Crippen molar-refractivity contribution in [2.75, 3.05) is 17.2 Å². The number of carbonyl (C=O) groups excluding carboxylic acids is 1. The second-order valence-electron chi connectivity index (χ2n) is 4.64. The summed E-state index contributed by atoms with van der Waals surface area (Å²) >= 11 is 12.1. The highest BCUT2D eigenvalue weighted by molar-refractivity contribution is 6.36. The zero-order valence-electron chi connectivity index (χ0n) is 11.6. The predicted molar refractivity (Wildman–Crippen MR) is 89.3 cm³/mol. The van der Waals surface area contributed by atoms with Gasteiger partial charge in [-0.2, -0.15) is 0 Å². The second-order valence-corrected chi connectivity index (χ2v) is 5.48. The number of benzene rings is 2. The van der Waals surface area contributed by atoms with E-state index in [9.17, 15) is 4.79 Å². The Morgan fingerprint density at radius 2 is 1.90 bits per heavy atom. The number of amides is 1. The van der Waals surface area contributed by atoms with E-state index >= 15 is 0 Å². The minimum atomic E-state index is -0.206. The Labute approximate surface area is 134 Å². The SMILES string of the molecule is CCCN(C(=O)c1cc(Cl)ccc1Cl)c1ccccc1N. The van der Waals surface area contributed by atoms with Crippen LogP contribution in [-0.4, -0.2) is 12.5 Å². The highest BCUT2D eigenvalue weighted by atomic mass is 35.5. The third-order valence-corrected chi connectivity index (χ3v) is 3.64. The average molecular weight is 323 g/mol. The Morgan fingerprint density at radius 3 is 2.57 bits per heavy atom. The predicted octanol–water partition coefficient (Wildman–Crippen LogP) is 4.63. The fourth-order valence-electron chi connectivity index (χ4n) is 2.10. The van der Waals surface area contributed by atoms with Crippen LogP contribution in [0.5, 0.6) is 0 Å². The van der Waals surface area contributed by atoms with Crippen molar-refractivity contribution < 1.29 is 4.79 Å². The molecule has 0 aliphatic heterocycles. The Bertz CT molecular complexity index is 658. The van der Waals surface area contributed by atoms with Gasteiger partial charge in [-0.05, 0) is 36.8 Å². The molecule has 0 aliphatic rings. The molecule has 0 saturated carbocycles. The summed E-state index contributed by atoms with van der Waals surface area (Å²) in [5.41, 5.74) is 7.59. The molecule has 2 rings (SSSR count). The Morgan fingerprint density at radius 1 is 1.19 bits per heavy atom. The highest BCUT2D eigenvalue weighted by Gasteiger charge is 2.21. The van der Waals surface area contributed by atoms with Crippen LogP contribution in [0.4, 0.5) is 11.4 Å². The van der Waals surface area contributed by atoms with Crippen LogP contribution in [-0.2, 0) is 0 Å². The Kier molecular flexibility index (Phi) is 5.10. The highest BCUT2D eigenvalue weighted by Crippen LogP contribution is 2.28. The van der Waals surface area contributed by atoms with Crippen molar-refractivity contribution in [3.05, 3.63) is 58.1 Å². The molecule has 2 aromatic carbocycles. The van der Waals surface area contributed by atoms with Gasteiger partial charge in [0.05, 0.1) is 22.0 Å². The van der Waals surface area contributed by atoms with Gasteiger partial charge in [-0.25, -0.2) is 0 Å². The van der Waals surface area contributed by atoms with Crippen molar-refractivity contribution >= 4 is 40.5 Å². The lowest BCUT2D eigenvalue weighted by molar-refractivity contribution is 0.0987. The lowest BCUT2D eigenvalue weighted by Crippen LogP contribution is -2.32. The summed E-state index contributed by atoms with van der Waals surface area (Å²) in [6.45, 7) is 2.55. The van der Waals surface area contributed by atoms with Crippen molar-refractivity contribution in [1.29, 1.82) is 0 Å². The van der Waals surface area contributed by atoms with Gasteiger partial charge in [0, 0.05) is 11.6 Å². The van der Waals surface area contributed by atoms with E-state index in [1.54, 1.807) is 29.2 Å². The van der Waals surface area contributed by atoms with E-state index in [1.807, 2.05) is 25.1 Å². The van der Waals surface area contributed by atoms with E-state index < -0.39 is 0 Å². The molecule has 0 heterocycles. The first-order chi connectivity index (χ1) is 10.0. The first-order valence-corrected chi connectivity index (χ1v) is 7.41. The van der Waals surface area contributed by atoms with Gasteiger partial charge in [0.25, 0.3) is 5.91 Å². The minimum Gasteiger partial charge on any atom is -0.397 e. The van der Waals surface area contributed by atoms with Crippen molar-refractivity contribution in [2.45, 2.75) is 13.3 Å². The number of hydrogen-bond donors (Lipinski definition) is 1. The zero-order chi connectivity index (χ0) is 15.4. The number of nitrogens with zero attached hydrogens (tertiary/aromatic N) is 1. The average Bonchev–Trinajstić information content (AvgIpc) is 2.47. The number of anilines is 2. The van der Waals surface area contributed by atoms with Crippen molar-refractivity contribution in [3.8, 4) is 0 Å². The fraction of sp³-hybridized carbons (Fsp3) is 0.188. The van der Waals surface area contributed by atoms with E-state index in [2.05, 4.69) is 0 Å². The van der Waals surface area contributed by atoms with Gasteiger partial charge in [0.15, 0.2) is 0 Å². The molecule has 0 saturated heterocycles. The summed E-state index contributed by atoms with van der Waals surface area (Å²) in [7, 11) is 0. The maximum atomic E-state index is 12.8. The molecule has 110 valence electrons. The van der Waals surface area contributed by atoms with Crippen molar-refractivity contribution in [3.63, 3.8) is 0 Å². The summed E-state index contributed by atoms with van der Waals surface area (Å²) in [5, 5.41) is 0.847. The second kappa shape index (κ2) is 6.83. The summed E-state index contributed by atoms with van der Waals surface area (Å²) < 4.78 is 0. The van der Waals surface area contributed by atoms with Gasteiger partial charge in [0.1, 0.15) is 0 Å². The normalized spacial score (nSPS) is 10.4. The van der Waals surface area contributed by atoms with Crippen LogP contribution in [0.25, 0.3) is 0 Å². The van der Waals surface area contributed by atoms with Crippen LogP contribution in [0.2, 0.25) is 10.0 Å². The molecular formula is C16H16Cl2N2O. The van der Waals surface area contributed by atoms with Crippen LogP contribution >= 0.6 is 23.2 Å². The van der Waals surface area contributed by atoms with Gasteiger partial charge in [0.2, 0.25) is 0 Å². The number of para-hydroxylation sites is 2. The molecule has 0 fully saturated rings. The van der Waals surface area contributed by atoms with Gasteiger partial charge < -0.3 is 10.6 Å². The number of nitrogen functional groups attached to an aromatic ring is 1.